The molecule has 0 saturated heterocycles. The number of hydrogen-bond acceptors (Lipinski definition) is 2. The van der Waals surface area contributed by atoms with Gasteiger partial charge in [0.1, 0.15) is 0 Å². The smallest absolute Gasteiger partial charge is 0.171 e. The van der Waals surface area contributed by atoms with Crippen LogP contribution < -0.4 is 21.3 Å². The maximum Gasteiger partial charge on any atom is 0.171 e. The van der Waals surface area contributed by atoms with Crippen molar-refractivity contribution >= 4 is 69.2 Å². The fourth-order valence-corrected chi connectivity index (χ4v) is 3.44. The van der Waals surface area contributed by atoms with Crippen LogP contribution in [-0.4, -0.2) is 23.3 Å². The van der Waals surface area contributed by atoms with Gasteiger partial charge in [0.2, 0.25) is 0 Å². The standard InChI is InChI=1S/C23H26Cl2N4S2/c1-14(2)12-26-22(30)28-20-7-5-16(10-18(20)24)9-17-6-8-21(19(25)11-17)29-23(31)27-13-15(3)4/h5-8,10-11H,1,3,9,12-13H2,2,4H3,(H2,26,28,30)(H2,27,29,31). The predicted molar refractivity (Wildman–Crippen MR) is 144 cm³/mol. The number of nitrogens with one attached hydrogen (secondary N) is 4. The average Bonchev–Trinajstić information content (AvgIpc) is 2.69. The van der Waals surface area contributed by atoms with Gasteiger partial charge in [0, 0.05) is 13.1 Å². The van der Waals surface area contributed by atoms with Gasteiger partial charge in [-0.25, -0.2) is 0 Å². The quantitative estimate of drug-likeness (QED) is 0.256. The molecule has 31 heavy (non-hydrogen) atoms. The maximum atomic E-state index is 6.44. The van der Waals surface area contributed by atoms with Gasteiger partial charge in [-0.1, -0.05) is 59.6 Å². The van der Waals surface area contributed by atoms with Gasteiger partial charge in [-0.2, -0.15) is 0 Å². The molecule has 4 nitrogen and oxygen atoms in total. The van der Waals surface area contributed by atoms with Crippen LogP contribution in [0.4, 0.5) is 11.4 Å². The van der Waals surface area contributed by atoms with E-state index >= 15 is 0 Å². The highest BCUT2D eigenvalue weighted by Crippen LogP contribution is 2.27. The summed E-state index contributed by atoms with van der Waals surface area (Å²) in [5, 5.41) is 14.5. The molecule has 0 radical (unpaired) electrons. The Labute approximate surface area is 205 Å². The summed E-state index contributed by atoms with van der Waals surface area (Å²) in [4.78, 5) is 0. The molecule has 0 aliphatic carbocycles. The third-order valence-corrected chi connectivity index (χ3v) is 5.19. The highest BCUT2D eigenvalue weighted by Gasteiger charge is 2.08. The Morgan fingerprint density at radius 3 is 1.48 bits per heavy atom. The second-order valence-electron chi connectivity index (χ2n) is 7.33. The summed E-state index contributed by atoms with van der Waals surface area (Å²) >= 11 is 23.4. The third-order valence-electron chi connectivity index (χ3n) is 4.07. The number of anilines is 2. The zero-order chi connectivity index (χ0) is 23.0. The van der Waals surface area contributed by atoms with Crippen LogP contribution in [0.25, 0.3) is 0 Å². The summed E-state index contributed by atoms with van der Waals surface area (Å²) in [7, 11) is 0. The summed E-state index contributed by atoms with van der Waals surface area (Å²) in [5.41, 5.74) is 5.61. The van der Waals surface area contributed by atoms with E-state index in [9.17, 15) is 0 Å². The van der Waals surface area contributed by atoms with Crippen molar-refractivity contribution in [3.8, 4) is 0 Å². The van der Waals surface area contributed by atoms with Crippen LogP contribution in [-0.2, 0) is 6.42 Å². The van der Waals surface area contributed by atoms with Crippen molar-refractivity contribution < 1.29 is 0 Å². The Kier molecular flexibility index (Phi) is 9.78. The monoisotopic (exact) mass is 492 g/mol. The molecule has 0 spiro atoms. The fraction of sp³-hybridized carbons (Fsp3) is 0.217. The maximum absolute atomic E-state index is 6.44. The summed E-state index contributed by atoms with van der Waals surface area (Å²) in [6.07, 6.45) is 0.691. The number of thiocarbonyl (C=S) groups is 2. The topological polar surface area (TPSA) is 48.1 Å². The Morgan fingerprint density at radius 1 is 0.774 bits per heavy atom. The first-order valence-electron chi connectivity index (χ1n) is 9.59. The Bertz CT molecular complexity index is 926. The Balaban J connectivity index is 1.99. The third kappa shape index (κ3) is 8.87. The second kappa shape index (κ2) is 12.1. The minimum absolute atomic E-state index is 0.503. The van der Waals surface area contributed by atoms with Gasteiger partial charge in [-0.3, -0.25) is 0 Å². The van der Waals surface area contributed by atoms with Crippen LogP contribution in [0.5, 0.6) is 0 Å². The summed E-state index contributed by atoms with van der Waals surface area (Å²) in [6.45, 7) is 12.8. The van der Waals surface area contributed by atoms with Crippen LogP contribution in [0.3, 0.4) is 0 Å². The van der Waals surface area contributed by atoms with Crippen molar-refractivity contribution in [1.29, 1.82) is 0 Å². The summed E-state index contributed by atoms with van der Waals surface area (Å²) in [5.74, 6) is 0. The number of rotatable bonds is 8. The highest BCUT2D eigenvalue weighted by molar-refractivity contribution is 7.80. The van der Waals surface area contributed by atoms with Crippen molar-refractivity contribution in [3.05, 3.63) is 81.9 Å². The molecule has 0 fully saturated rings. The highest BCUT2D eigenvalue weighted by atomic mass is 35.5. The lowest BCUT2D eigenvalue weighted by Crippen LogP contribution is -2.29. The molecule has 2 aromatic rings. The summed E-state index contributed by atoms with van der Waals surface area (Å²) in [6, 6.07) is 11.7. The first kappa shape index (κ1) is 25.1. The van der Waals surface area contributed by atoms with Crippen LogP contribution >= 0.6 is 47.6 Å². The molecule has 0 atom stereocenters. The molecule has 0 aliphatic rings. The Hall–Kier alpha value is -2.12. The molecular formula is C23H26Cl2N4S2. The molecule has 0 aromatic heterocycles. The lowest BCUT2D eigenvalue weighted by atomic mass is 10.0. The normalized spacial score (nSPS) is 10.2. The predicted octanol–water partition coefficient (Wildman–Crippen LogP) is 6.31. The molecule has 0 bridgehead atoms. The van der Waals surface area contributed by atoms with Gasteiger partial charge in [0.15, 0.2) is 10.2 Å². The SMILES string of the molecule is C=C(C)CNC(=S)Nc1ccc(Cc2ccc(NC(=S)NCC(=C)C)c(Cl)c2)cc1Cl. The van der Waals surface area contributed by atoms with Crippen LogP contribution in [0.1, 0.15) is 25.0 Å². The minimum Gasteiger partial charge on any atom is -0.359 e. The molecule has 0 amide bonds. The van der Waals surface area contributed by atoms with Gasteiger partial charge in [0.25, 0.3) is 0 Å². The van der Waals surface area contributed by atoms with Crippen molar-refractivity contribution in [2.75, 3.05) is 23.7 Å². The fourth-order valence-electron chi connectivity index (χ4n) is 2.57. The van der Waals surface area contributed by atoms with E-state index in [-0.39, 0.29) is 0 Å². The van der Waals surface area contributed by atoms with E-state index in [1.165, 1.54) is 0 Å². The molecule has 164 valence electrons. The number of halogens is 2. The first-order valence-corrected chi connectivity index (χ1v) is 11.2. The molecule has 4 N–H and O–H groups in total. The number of benzene rings is 2. The van der Waals surface area contributed by atoms with Crippen LogP contribution in [0.15, 0.2) is 60.7 Å². The molecular weight excluding hydrogens is 467 g/mol. The molecule has 2 aromatic carbocycles. The first-order chi connectivity index (χ1) is 14.6. The van der Waals surface area contributed by atoms with Gasteiger partial charge < -0.3 is 21.3 Å². The van der Waals surface area contributed by atoms with E-state index < -0.39 is 0 Å². The molecule has 0 saturated carbocycles. The van der Waals surface area contributed by atoms with E-state index in [2.05, 4.69) is 34.4 Å². The van der Waals surface area contributed by atoms with Gasteiger partial charge in [-0.15, -0.1) is 0 Å². The van der Waals surface area contributed by atoms with Gasteiger partial charge in [0.05, 0.1) is 21.4 Å². The molecule has 0 aliphatic heterocycles. The van der Waals surface area contributed by atoms with Crippen molar-refractivity contribution in [3.63, 3.8) is 0 Å². The molecule has 0 unspecified atom stereocenters. The second-order valence-corrected chi connectivity index (χ2v) is 8.97. The number of hydrogen-bond donors (Lipinski definition) is 4. The molecule has 8 heteroatoms. The van der Waals surface area contributed by atoms with Crippen LogP contribution in [0.2, 0.25) is 10.0 Å². The van der Waals surface area contributed by atoms with Crippen molar-refractivity contribution in [2.24, 2.45) is 0 Å². The van der Waals surface area contributed by atoms with Crippen molar-refractivity contribution in [1.82, 2.24) is 10.6 Å². The van der Waals surface area contributed by atoms with Gasteiger partial charge >= 0.3 is 0 Å². The lowest BCUT2D eigenvalue weighted by molar-refractivity contribution is 1.000. The van der Waals surface area contributed by atoms with E-state index in [4.69, 9.17) is 47.6 Å². The van der Waals surface area contributed by atoms with Crippen molar-refractivity contribution in [2.45, 2.75) is 20.3 Å². The summed E-state index contributed by atoms with van der Waals surface area (Å²) < 4.78 is 0. The lowest BCUT2D eigenvalue weighted by Gasteiger charge is -2.14. The van der Waals surface area contributed by atoms with E-state index in [0.717, 1.165) is 33.6 Å². The molecule has 2 rings (SSSR count). The zero-order valence-corrected chi connectivity index (χ0v) is 20.7. The minimum atomic E-state index is 0.503. The molecule has 0 heterocycles. The van der Waals surface area contributed by atoms with E-state index in [1.807, 2.05) is 50.2 Å². The van der Waals surface area contributed by atoms with Gasteiger partial charge in [-0.05, 0) is 80.1 Å². The zero-order valence-electron chi connectivity index (χ0n) is 17.6. The average molecular weight is 494 g/mol. The van der Waals surface area contributed by atoms with E-state index in [1.54, 1.807) is 0 Å². The largest absolute Gasteiger partial charge is 0.359 e. The van der Waals surface area contributed by atoms with E-state index in [0.29, 0.717) is 39.8 Å². The Morgan fingerprint density at radius 2 is 1.16 bits per heavy atom. The van der Waals surface area contributed by atoms with Crippen LogP contribution in [0, 0.1) is 0 Å².